The molecule has 0 bridgehead atoms. The van der Waals surface area contributed by atoms with Gasteiger partial charge in [0.05, 0.1) is 12.8 Å². The quantitative estimate of drug-likeness (QED) is 0.368. The second kappa shape index (κ2) is 11.2. The summed E-state index contributed by atoms with van der Waals surface area (Å²) in [7, 11) is 0. The number of nitrogens with one attached hydrogen (secondary N) is 2. The molecule has 6 nitrogen and oxygen atoms in total. The molecule has 3 aromatic rings. The van der Waals surface area contributed by atoms with Crippen LogP contribution in [0.5, 0.6) is 5.75 Å². The molecule has 0 saturated heterocycles. The average molecular weight is 450 g/mol. The van der Waals surface area contributed by atoms with Gasteiger partial charge in [-0.25, -0.2) is 9.82 Å². The average Bonchev–Trinajstić information content (AvgIpc) is 2.81. The highest BCUT2D eigenvalue weighted by molar-refractivity contribution is 6.03. The first-order valence-corrected chi connectivity index (χ1v) is 10.9. The molecule has 0 fully saturated rings. The van der Waals surface area contributed by atoms with Crippen LogP contribution in [0.3, 0.4) is 0 Å². The molecule has 2 amide bonds. The van der Waals surface area contributed by atoms with E-state index in [4.69, 9.17) is 4.74 Å². The van der Waals surface area contributed by atoms with E-state index < -0.39 is 23.7 Å². The van der Waals surface area contributed by atoms with Crippen molar-refractivity contribution in [3.05, 3.63) is 77.6 Å². The van der Waals surface area contributed by atoms with Crippen molar-refractivity contribution < 1.29 is 18.7 Å². The number of amides is 2. The van der Waals surface area contributed by atoms with Crippen LogP contribution < -0.4 is 15.5 Å². The summed E-state index contributed by atoms with van der Waals surface area (Å²) >= 11 is 0. The van der Waals surface area contributed by atoms with E-state index >= 15 is 0 Å². The fraction of sp³-hybridized carbons (Fsp3) is 0.269. The van der Waals surface area contributed by atoms with Crippen LogP contribution in [0.2, 0.25) is 0 Å². The fourth-order valence-electron chi connectivity index (χ4n) is 3.34. The number of fused-ring (bicyclic) bond motifs is 1. The van der Waals surface area contributed by atoms with E-state index in [9.17, 15) is 14.0 Å². The van der Waals surface area contributed by atoms with Gasteiger partial charge in [-0.1, -0.05) is 51.1 Å². The molecule has 1 atom stereocenters. The van der Waals surface area contributed by atoms with Crippen molar-refractivity contribution in [3.63, 3.8) is 0 Å². The van der Waals surface area contributed by atoms with Gasteiger partial charge in [0.15, 0.2) is 0 Å². The Hall–Kier alpha value is -3.74. The minimum absolute atomic E-state index is 0.189. The lowest BCUT2D eigenvalue weighted by Crippen LogP contribution is -2.48. The van der Waals surface area contributed by atoms with Crippen molar-refractivity contribution in [2.75, 3.05) is 6.61 Å². The number of hydrogen-bond acceptors (Lipinski definition) is 4. The zero-order valence-corrected chi connectivity index (χ0v) is 19.0. The van der Waals surface area contributed by atoms with E-state index in [1.807, 2.05) is 57.2 Å². The largest absolute Gasteiger partial charge is 0.493 e. The van der Waals surface area contributed by atoms with Crippen molar-refractivity contribution >= 4 is 28.8 Å². The van der Waals surface area contributed by atoms with Crippen LogP contribution in [-0.4, -0.2) is 30.7 Å². The highest BCUT2D eigenvalue weighted by Gasteiger charge is 2.24. The van der Waals surface area contributed by atoms with E-state index in [-0.39, 0.29) is 11.5 Å². The monoisotopic (exact) mass is 449 g/mol. The van der Waals surface area contributed by atoms with E-state index in [1.165, 1.54) is 24.3 Å². The van der Waals surface area contributed by atoms with Gasteiger partial charge < -0.3 is 10.1 Å². The van der Waals surface area contributed by atoms with Crippen LogP contribution >= 0.6 is 0 Å². The highest BCUT2D eigenvalue weighted by atomic mass is 19.1. The molecule has 0 aliphatic carbocycles. The van der Waals surface area contributed by atoms with Gasteiger partial charge >= 0.3 is 0 Å². The molecule has 33 heavy (non-hydrogen) atoms. The molecule has 2 N–H and O–H groups in total. The zero-order chi connectivity index (χ0) is 23.8. The van der Waals surface area contributed by atoms with Gasteiger partial charge in [-0.3, -0.25) is 9.59 Å². The third-order valence-corrected chi connectivity index (χ3v) is 5.10. The maximum Gasteiger partial charge on any atom is 0.262 e. The van der Waals surface area contributed by atoms with Gasteiger partial charge in [0.25, 0.3) is 11.8 Å². The van der Waals surface area contributed by atoms with Crippen molar-refractivity contribution in [3.8, 4) is 5.75 Å². The van der Waals surface area contributed by atoms with Crippen LogP contribution in [0.25, 0.3) is 10.8 Å². The molecule has 1 unspecified atom stereocenters. The van der Waals surface area contributed by atoms with Crippen molar-refractivity contribution in [1.82, 2.24) is 10.7 Å². The predicted molar refractivity (Wildman–Crippen MR) is 128 cm³/mol. The second-order valence-electron chi connectivity index (χ2n) is 7.98. The van der Waals surface area contributed by atoms with E-state index in [0.29, 0.717) is 12.4 Å². The molecule has 0 aliphatic heterocycles. The van der Waals surface area contributed by atoms with Gasteiger partial charge in [-0.15, -0.1) is 0 Å². The molecule has 0 saturated carbocycles. The smallest absolute Gasteiger partial charge is 0.262 e. The molecule has 3 rings (SSSR count). The molecule has 0 heterocycles. The first-order valence-electron chi connectivity index (χ1n) is 10.9. The molecule has 0 aliphatic rings. The Kier molecular flexibility index (Phi) is 8.13. The summed E-state index contributed by atoms with van der Waals surface area (Å²) in [4.78, 5) is 25.3. The molecule has 0 aromatic heterocycles. The third kappa shape index (κ3) is 6.16. The molecule has 0 radical (unpaired) electrons. The third-order valence-electron chi connectivity index (χ3n) is 5.10. The summed E-state index contributed by atoms with van der Waals surface area (Å²) in [6.07, 6.45) is 2.42. The van der Waals surface area contributed by atoms with Crippen LogP contribution in [0.1, 0.15) is 43.1 Å². The van der Waals surface area contributed by atoms with Gasteiger partial charge in [-0.05, 0) is 53.4 Å². The number of benzene rings is 3. The molecule has 0 spiro atoms. The number of hydrogen-bond donors (Lipinski definition) is 2. The lowest BCUT2D eigenvalue weighted by Gasteiger charge is -2.20. The normalized spacial score (nSPS) is 12.2. The number of carbonyl (C=O) groups excluding carboxylic acids is 2. The zero-order valence-electron chi connectivity index (χ0n) is 19.0. The number of nitrogens with zero attached hydrogens (tertiary/aromatic N) is 1. The Morgan fingerprint density at radius 1 is 1.06 bits per heavy atom. The number of hydrazone groups is 1. The molecular weight excluding hydrogens is 421 g/mol. The Bertz CT molecular complexity index is 1140. The minimum atomic E-state index is -0.817. The molecule has 3 aromatic carbocycles. The highest BCUT2D eigenvalue weighted by Crippen LogP contribution is 2.26. The van der Waals surface area contributed by atoms with Crippen LogP contribution in [0.4, 0.5) is 4.39 Å². The molecule has 172 valence electrons. The summed E-state index contributed by atoms with van der Waals surface area (Å²) in [5, 5.41) is 8.83. The molecule has 7 heteroatoms. The SMILES string of the molecule is CCCOc1ccc2ccccc2c1/C=N/NC(=O)C(NC(=O)c1ccc(F)cc1)C(C)C. The topological polar surface area (TPSA) is 79.8 Å². The number of ether oxygens (including phenoxy) is 1. The van der Waals surface area contributed by atoms with Gasteiger partial charge in [0, 0.05) is 11.1 Å². The Labute approximate surface area is 192 Å². The van der Waals surface area contributed by atoms with E-state index in [0.717, 1.165) is 22.8 Å². The first-order chi connectivity index (χ1) is 15.9. The lowest BCUT2D eigenvalue weighted by molar-refractivity contribution is -0.123. The maximum atomic E-state index is 13.1. The van der Waals surface area contributed by atoms with Crippen LogP contribution in [0.15, 0.2) is 65.8 Å². The maximum absolute atomic E-state index is 13.1. The molecular formula is C26H28FN3O3. The van der Waals surface area contributed by atoms with E-state index in [1.54, 1.807) is 6.21 Å². The second-order valence-corrected chi connectivity index (χ2v) is 7.98. The van der Waals surface area contributed by atoms with Gasteiger partial charge in [0.2, 0.25) is 0 Å². The van der Waals surface area contributed by atoms with Gasteiger partial charge in [0.1, 0.15) is 17.6 Å². The summed E-state index contributed by atoms with van der Waals surface area (Å²) in [6, 6.07) is 16.0. The van der Waals surface area contributed by atoms with Gasteiger partial charge in [-0.2, -0.15) is 5.10 Å². The predicted octanol–water partition coefficient (Wildman–Crippen LogP) is 4.67. The van der Waals surface area contributed by atoms with Crippen LogP contribution in [-0.2, 0) is 4.79 Å². The summed E-state index contributed by atoms with van der Waals surface area (Å²) < 4.78 is 19.0. The lowest BCUT2D eigenvalue weighted by atomic mass is 10.0. The number of halogens is 1. The minimum Gasteiger partial charge on any atom is -0.493 e. The Morgan fingerprint density at radius 2 is 1.79 bits per heavy atom. The van der Waals surface area contributed by atoms with E-state index in [2.05, 4.69) is 15.8 Å². The Morgan fingerprint density at radius 3 is 2.48 bits per heavy atom. The summed E-state index contributed by atoms with van der Waals surface area (Å²) in [5.74, 6) is -0.857. The summed E-state index contributed by atoms with van der Waals surface area (Å²) in [6.45, 7) is 6.23. The number of carbonyl (C=O) groups is 2. The van der Waals surface area contributed by atoms with Crippen LogP contribution in [0, 0.1) is 11.7 Å². The Balaban J connectivity index is 1.76. The standard InChI is InChI=1S/C26H28FN3O3/c1-4-15-33-23-14-11-18-7-5-6-8-21(18)22(23)16-28-30-26(32)24(17(2)3)29-25(31)19-9-12-20(27)13-10-19/h5-14,16-17,24H,4,15H2,1-3H3,(H,29,31)(H,30,32)/b28-16+. The fourth-order valence-corrected chi connectivity index (χ4v) is 3.34. The van der Waals surface area contributed by atoms with Crippen molar-refractivity contribution in [2.45, 2.75) is 33.2 Å². The number of rotatable bonds is 9. The van der Waals surface area contributed by atoms with Crippen molar-refractivity contribution in [1.29, 1.82) is 0 Å². The van der Waals surface area contributed by atoms with Crippen molar-refractivity contribution in [2.24, 2.45) is 11.0 Å². The first kappa shape index (κ1) is 23.9. The summed E-state index contributed by atoms with van der Waals surface area (Å²) in [5.41, 5.74) is 3.56.